The van der Waals surface area contributed by atoms with E-state index in [0.29, 0.717) is 9.92 Å². The molecule has 1 nitrogen and oxygen atoms in total. The molecule has 0 aliphatic carbocycles. The van der Waals surface area contributed by atoms with E-state index in [4.69, 9.17) is 16.3 Å². The molecule has 0 heterocycles. The number of ether oxygens (including phenoxy) is 1. The van der Waals surface area contributed by atoms with Gasteiger partial charge in [-0.15, -0.1) is 11.8 Å². The zero-order chi connectivity index (χ0) is 9.14. The predicted molar refractivity (Wildman–Crippen MR) is 49.7 cm³/mol. The Labute approximate surface area is 79.9 Å². The van der Waals surface area contributed by atoms with Crippen LogP contribution >= 0.6 is 23.4 Å². The van der Waals surface area contributed by atoms with Crippen LogP contribution in [0.15, 0.2) is 17.0 Å². The fraction of sp³-hybridized carbons (Fsp3) is 0.250. The number of hydrogen-bond acceptors (Lipinski definition) is 2. The Morgan fingerprint density at radius 1 is 1.50 bits per heavy atom. The molecule has 1 rings (SSSR count). The quantitative estimate of drug-likeness (QED) is 0.688. The third kappa shape index (κ3) is 1.67. The summed E-state index contributed by atoms with van der Waals surface area (Å²) in [5.41, 5.74) is 0. The third-order valence-electron chi connectivity index (χ3n) is 1.44. The SMILES string of the molecule is COc1ccc(Cl)c(SC)c1F. The molecule has 4 heteroatoms. The summed E-state index contributed by atoms with van der Waals surface area (Å²) < 4.78 is 18.1. The standard InChI is InChI=1S/C8H8ClFOS/c1-11-6-4-3-5(9)8(12-2)7(6)10/h3-4H,1-2H3. The van der Waals surface area contributed by atoms with Gasteiger partial charge in [0, 0.05) is 0 Å². The van der Waals surface area contributed by atoms with Crippen molar-refractivity contribution in [3.8, 4) is 5.75 Å². The van der Waals surface area contributed by atoms with Crippen LogP contribution < -0.4 is 4.74 Å². The molecule has 1 aromatic rings. The molecule has 0 saturated carbocycles. The van der Waals surface area contributed by atoms with Crippen molar-refractivity contribution in [2.45, 2.75) is 4.90 Å². The van der Waals surface area contributed by atoms with Crippen molar-refractivity contribution < 1.29 is 9.13 Å². The molecule has 0 aliphatic rings. The van der Waals surface area contributed by atoms with Gasteiger partial charge in [0.15, 0.2) is 11.6 Å². The predicted octanol–water partition coefficient (Wildman–Crippen LogP) is 3.21. The normalized spacial score (nSPS) is 10.0. The van der Waals surface area contributed by atoms with Crippen LogP contribution in [0.1, 0.15) is 0 Å². The van der Waals surface area contributed by atoms with Gasteiger partial charge in [-0.05, 0) is 18.4 Å². The van der Waals surface area contributed by atoms with Crippen LogP contribution in [-0.4, -0.2) is 13.4 Å². The highest BCUT2D eigenvalue weighted by atomic mass is 35.5. The number of halogens is 2. The van der Waals surface area contributed by atoms with E-state index in [1.54, 1.807) is 12.3 Å². The van der Waals surface area contributed by atoms with Crippen molar-refractivity contribution in [1.29, 1.82) is 0 Å². The average Bonchev–Trinajstić information content (AvgIpc) is 2.06. The summed E-state index contributed by atoms with van der Waals surface area (Å²) in [4.78, 5) is 0.427. The summed E-state index contributed by atoms with van der Waals surface area (Å²) in [6.07, 6.45) is 1.77. The van der Waals surface area contributed by atoms with Gasteiger partial charge in [-0.3, -0.25) is 0 Å². The highest BCUT2D eigenvalue weighted by Crippen LogP contribution is 2.33. The third-order valence-corrected chi connectivity index (χ3v) is 2.67. The molecule has 0 aliphatic heterocycles. The summed E-state index contributed by atoms with van der Waals surface area (Å²) in [5, 5.41) is 0.417. The van der Waals surface area contributed by atoms with Gasteiger partial charge < -0.3 is 4.74 Å². The van der Waals surface area contributed by atoms with E-state index < -0.39 is 5.82 Å². The number of rotatable bonds is 2. The number of hydrogen-bond donors (Lipinski definition) is 0. The van der Waals surface area contributed by atoms with Gasteiger partial charge in [0.1, 0.15) is 0 Å². The first-order valence-electron chi connectivity index (χ1n) is 3.26. The van der Waals surface area contributed by atoms with Crippen molar-refractivity contribution in [3.05, 3.63) is 23.0 Å². The summed E-state index contributed by atoms with van der Waals surface area (Å²) in [7, 11) is 1.43. The van der Waals surface area contributed by atoms with Crippen molar-refractivity contribution >= 4 is 23.4 Å². The van der Waals surface area contributed by atoms with Crippen LogP contribution in [0, 0.1) is 5.82 Å². The van der Waals surface area contributed by atoms with Crippen molar-refractivity contribution in [1.82, 2.24) is 0 Å². The highest BCUT2D eigenvalue weighted by molar-refractivity contribution is 7.98. The van der Waals surface area contributed by atoms with Crippen LogP contribution in [0.25, 0.3) is 0 Å². The van der Waals surface area contributed by atoms with Gasteiger partial charge in [-0.25, -0.2) is 4.39 Å². The molecular formula is C8H8ClFOS. The molecule has 0 saturated heterocycles. The van der Waals surface area contributed by atoms with Crippen LogP contribution in [0.5, 0.6) is 5.75 Å². The van der Waals surface area contributed by atoms with Crippen LogP contribution in [0.3, 0.4) is 0 Å². The first-order chi connectivity index (χ1) is 5.70. The lowest BCUT2D eigenvalue weighted by Crippen LogP contribution is -1.90. The first-order valence-corrected chi connectivity index (χ1v) is 4.87. The van der Waals surface area contributed by atoms with E-state index >= 15 is 0 Å². The van der Waals surface area contributed by atoms with Gasteiger partial charge in [-0.2, -0.15) is 0 Å². The lowest BCUT2D eigenvalue weighted by Gasteiger charge is -2.06. The maximum Gasteiger partial charge on any atom is 0.180 e. The van der Waals surface area contributed by atoms with Gasteiger partial charge >= 0.3 is 0 Å². The summed E-state index contributed by atoms with van der Waals surface area (Å²) >= 11 is 7.01. The van der Waals surface area contributed by atoms with E-state index in [1.807, 2.05) is 0 Å². The largest absolute Gasteiger partial charge is 0.494 e. The molecule has 0 bridgehead atoms. The second-order valence-corrected chi connectivity index (χ2v) is 3.32. The molecule has 1 aromatic carbocycles. The molecule has 0 spiro atoms. The van der Waals surface area contributed by atoms with E-state index in [9.17, 15) is 4.39 Å². The van der Waals surface area contributed by atoms with Crippen LogP contribution in [0.2, 0.25) is 5.02 Å². The molecule has 0 fully saturated rings. The van der Waals surface area contributed by atoms with Gasteiger partial charge in [0.2, 0.25) is 0 Å². The average molecular weight is 207 g/mol. The minimum absolute atomic E-state index is 0.226. The molecule has 0 amide bonds. The van der Waals surface area contributed by atoms with Gasteiger partial charge in [0.05, 0.1) is 17.0 Å². The van der Waals surface area contributed by atoms with Gasteiger partial charge in [-0.1, -0.05) is 11.6 Å². The Hall–Kier alpha value is -0.410. The Kier molecular flexibility index (Phi) is 3.23. The molecule has 0 atom stereocenters. The molecule has 0 unspecified atom stereocenters. The second-order valence-electron chi connectivity index (χ2n) is 2.10. The maximum atomic E-state index is 13.3. The van der Waals surface area contributed by atoms with Crippen molar-refractivity contribution in [2.75, 3.05) is 13.4 Å². The zero-order valence-corrected chi connectivity index (χ0v) is 8.30. The van der Waals surface area contributed by atoms with E-state index in [-0.39, 0.29) is 5.75 Å². The smallest absolute Gasteiger partial charge is 0.180 e. The van der Waals surface area contributed by atoms with Gasteiger partial charge in [0.25, 0.3) is 0 Å². The van der Waals surface area contributed by atoms with E-state index in [0.717, 1.165) is 0 Å². The second kappa shape index (κ2) is 4.01. The fourth-order valence-corrected chi connectivity index (χ4v) is 1.78. The Balaban J connectivity index is 3.24. The molecule has 66 valence electrons. The molecule has 12 heavy (non-hydrogen) atoms. The minimum atomic E-state index is -0.391. The monoisotopic (exact) mass is 206 g/mol. The maximum absolute atomic E-state index is 13.3. The minimum Gasteiger partial charge on any atom is -0.494 e. The van der Waals surface area contributed by atoms with E-state index in [2.05, 4.69) is 0 Å². The Bertz CT molecular complexity index is 291. The topological polar surface area (TPSA) is 9.23 Å². The Morgan fingerprint density at radius 3 is 2.67 bits per heavy atom. The van der Waals surface area contributed by atoms with Crippen molar-refractivity contribution in [3.63, 3.8) is 0 Å². The Morgan fingerprint density at radius 2 is 2.17 bits per heavy atom. The van der Waals surface area contributed by atoms with Crippen LogP contribution in [0.4, 0.5) is 4.39 Å². The number of thioether (sulfide) groups is 1. The molecule has 0 N–H and O–H groups in total. The number of benzene rings is 1. The molecular weight excluding hydrogens is 199 g/mol. The number of methoxy groups -OCH3 is 1. The van der Waals surface area contributed by atoms with E-state index in [1.165, 1.54) is 24.9 Å². The lowest BCUT2D eigenvalue weighted by atomic mass is 10.3. The summed E-state index contributed by atoms with van der Waals surface area (Å²) in [6, 6.07) is 3.13. The van der Waals surface area contributed by atoms with Crippen LogP contribution in [-0.2, 0) is 0 Å². The lowest BCUT2D eigenvalue weighted by molar-refractivity contribution is 0.381. The summed E-state index contributed by atoms with van der Waals surface area (Å²) in [5.74, 6) is -0.166. The highest BCUT2D eigenvalue weighted by Gasteiger charge is 2.11. The molecule has 0 aromatic heterocycles. The fourth-order valence-electron chi connectivity index (χ4n) is 0.859. The van der Waals surface area contributed by atoms with Crippen molar-refractivity contribution in [2.24, 2.45) is 0 Å². The first kappa shape index (κ1) is 9.68. The summed E-state index contributed by atoms with van der Waals surface area (Å²) in [6.45, 7) is 0. The molecule has 0 radical (unpaired) electrons. The zero-order valence-electron chi connectivity index (χ0n) is 6.73.